The highest BCUT2D eigenvalue weighted by molar-refractivity contribution is 5.13. The smallest absolute Gasteiger partial charge is 0.163 e. The molecular weight excluding hydrogens is 280 g/mol. The molecule has 0 spiro atoms. The van der Waals surface area contributed by atoms with Gasteiger partial charge in [0.05, 0.1) is 31.5 Å². The van der Waals surface area contributed by atoms with Crippen LogP contribution in [-0.4, -0.2) is 37.3 Å². The zero-order valence-corrected chi connectivity index (χ0v) is 13.5. The van der Waals surface area contributed by atoms with Crippen molar-refractivity contribution in [3.8, 4) is 0 Å². The quantitative estimate of drug-likeness (QED) is 0.572. The van der Waals surface area contributed by atoms with Crippen LogP contribution in [0.4, 0.5) is 0 Å². The van der Waals surface area contributed by atoms with E-state index in [-0.39, 0.29) is 12.2 Å². The van der Waals surface area contributed by atoms with E-state index in [2.05, 4.69) is 12.1 Å². The molecule has 2 aliphatic rings. The lowest BCUT2D eigenvalue weighted by Gasteiger charge is -2.40. The van der Waals surface area contributed by atoms with Crippen LogP contribution in [0.5, 0.6) is 0 Å². The second-order valence-corrected chi connectivity index (χ2v) is 6.63. The van der Waals surface area contributed by atoms with Gasteiger partial charge in [-0.25, -0.2) is 0 Å². The average molecular weight is 306 g/mol. The van der Waals surface area contributed by atoms with Crippen LogP contribution in [0.1, 0.15) is 38.7 Å². The molecule has 1 aromatic carbocycles. The lowest BCUT2D eigenvalue weighted by molar-refractivity contribution is -0.302. The average Bonchev–Trinajstić information content (AvgIpc) is 3.27. The molecule has 2 aliphatic heterocycles. The molecule has 122 valence electrons. The Balaban J connectivity index is 1.40. The third-order valence-electron chi connectivity index (χ3n) is 4.05. The Kier molecular flexibility index (Phi) is 5.14. The zero-order valence-electron chi connectivity index (χ0n) is 13.5. The highest BCUT2D eigenvalue weighted by atomic mass is 16.7. The molecule has 2 heterocycles. The van der Waals surface area contributed by atoms with E-state index in [9.17, 15) is 0 Å². The number of ether oxygens (including phenoxy) is 4. The molecule has 4 heteroatoms. The highest BCUT2D eigenvalue weighted by Gasteiger charge is 2.38. The second kappa shape index (κ2) is 7.09. The van der Waals surface area contributed by atoms with Gasteiger partial charge in [-0.15, -0.1) is 0 Å². The maximum Gasteiger partial charge on any atom is 0.163 e. The SMILES string of the molecule is CC1(C)O[C@H](CCOCc2ccccc2)C[C@H](C[C@@H]2CO2)O1. The fraction of sp³-hybridized carbons (Fsp3) is 0.667. The summed E-state index contributed by atoms with van der Waals surface area (Å²) in [4.78, 5) is 0. The van der Waals surface area contributed by atoms with Crippen molar-refractivity contribution in [3.63, 3.8) is 0 Å². The van der Waals surface area contributed by atoms with Crippen molar-refractivity contribution in [2.45, 2.75) is 63.8 Å². The fourth-order valence-corrected chi connectivity index (χ4v) is 3.02. The molecule has 0 bridgehead atoms. The van der Waals surface area contributed by atoms with Crippen LogP contribution < -0.4 is 0 Å². The first-order valence-corrected chi connectivity index (χ1v) is 8.20. The third kappa shape index (κ3) is 5.06. The molecule has 0 aromatic heterocycles. The van der Waals surface area contributed by atoms with Gasteiger partial charge in [0.25, 0.3) is 0 Å². The highest BCUT2D eigenvalue weighted by Crippen LogP contribution is 2.32. The Morgan fingerprint density at radius 2 is 1.82 bits per heavy atom. The molecule has 3 rings (SSSR count). The van der Waals surface area contributed by atoms with Crippen LogP contribution in [0, 0.1) is 0 Å². The third-order valence-corrected chi connectivity index (χ3v) is 4.05. The predicted molar refractivity (Wildman–Crippen MR) is 83.5 cm³/mol. The Morgan fingerprint density at radius 3 is 2.55 bits per heavy atom. The van der Waals surface area contributed by atoms with Crippen molar-refractivity contribution in [1.29, 1.82) is 0 Å². The number of rotatable bonds is 7. The van der Waals surface area contributed by atoms with Gasteiger partial charge in [0, 0.05) is 19.4 Å². The van der Waals surface area contributed by atoms with E-state index in [0.717, 1.165) is 25.9 Å². The molecule has 0 amide bonds. The normalized spacial score (nSPS) is 30.2. The minimum atomic E-state index is -0.512. The summed E-state index contributed by atoms with van der Waals surface area (Å²) in [5.74, 6) is -0.512. The molecule has 0 N–H and O–H groups in total. The Morgan fingerprint density at radius 1 is 1.09 bits per heavy atom. The van der Waals surface area contributed by atoms with E-state index in [1.54, 1.807) is 0 Å². The van der Waals surface area contributed by atoms with E-state index in [1.165, 1.54) is 5.56 Å². The van der Waals surface area contributed by atoms with Gasteiger partial charge in [-0.2, -0.15) is 0 Å². The van der Waals surface area contributed by atoms with E-state index < -0.39 is 5.79 Å². The van der Waals surface area contributed by atoms with Gasteiger partial charge in [0.1, 0.15) is 0 Å². The standard InChI is InChI=1S/C18H26O4/c1-18(2)21-15(10-16(22-18)11-17-13-20-17)8-9-19-12-14-6-4-3-5-7-14/h3-7,15-17H,8-13H2,1-2H3/t15-,16-,17-/m1/s1. The van der Waals surface area contributed by atoms with Crippen LogP contribution >= 0.6 is 0 Å². The van der Waals surface area contributed by atoms with E-state index >= 15 is 0 Å². The van der Waals surface area contributed by atoms with E-state index in [1.807, 2.05) is 32.0 Å². The van der Waals surface area contributed by atoms with Crippen LogP contribution in [0.2, 0.25) is 0 Å². The summed E-state index contributed by atoms with van der Waals surface area (Å²) < 4.78 is 23.1. The fourth-order valence-electron chi connectivity index (χ4n) is 3.02. The van der Waals surface area contributed by atoms with Crippen molar-refractivity contribution >= 4 is 0 Å². The van der Waals surface area contributed by atoms with Crippen LogP contribution in [0.25, 0.3) is 0 Å². The van der Waals surface area contributed by atoms with Gasteiger partial charge in [0.15, 0.2) is 5.79 Å². The molecule has 22 heavy (non-hydrogen) atoms. The van der Waals surface area contributed by atoms with Gasteiger partial charge in [-0.1, -0.05) is 30.3 Å². The first kappa shape index (κ1) is 15.9. The summed E-state index contributed by atoms with van der Waals surface area (Å²) in [7, 11) is 0. The second-order valence-electron chi connectivity index (χ2n) is 6.63. The minimum absolute atomic E-state index is 0.197. The number of hydrogen-bond acceptors (Lipinski definition) is 4. The predicted octanol–water partition coefficient (Wildman–Crippen LogP) is 3.29. The molecule has 0 aliphatic carbocycles. The van der Waals surface area contributed by atoms with Gasteiger partial charge in [-0.05, 0) is 25.8 Å². The molecule has 0 unspecified atom stereocenters. The minimum Gasteiger partial charge on any atom is -0.377 e. The number of hydrogen-bond donors (Lipinski definition) is 0. The molecular formula is C18H26O4. The van der Waals surface area contributed by atoms with E-state index in [4.69, 9.17) is 18.9 Å². The van der Waals surface area contributed by atoms with Crippen molar-refractivity contribution in [3.05, 3.63) is 35.9 Å². The summed E-state index contributed by atoms with van der Waals surface area (Å²) >= 11 is 0. The Hall–Kier alpha value is -0.940. The molecule has 4 nitrogen and oxygen atoms in total. The Labute approximate surface area is 132 Å². The molecule has 0 saturated carbocycles. The maximum atomic E-state index is 6.02. The Bertz CT molecular complexity index is 455. The molecule has 2 saturated heterocycles. The summed E-state index contributed by atoms with van der Waals surface area (Å²) in [5.41, 5.74) is 1.21. The van der Waals surface area contributed by atoms with Crippen molar-refractivity contribution in [1.82, 2.24) is 0 Å². The van der Waals surface area contributed by atoms with Crippen LogP contribution in [0.3, 0.4) is 0 Å². The zero-order chi connectivity index (χ0) is 15.4. The first-order chi connectivity index (χ1) is 10.6. The van der Waals surface area contributed by atoms with Crippen LogP contribution in [0.15, 0.2) is 30.3 Å². The van der Waals surface area contributed by atoms with Crippen molar-refractivity contribution < 1.29 is 18.9 Å². The monoisotopic (exact) mass is 306 g/mol. The summed E-state index contributed by atoms with van der Waals surface area (Å²) in [6.07, 6.45) is 3.64. The largest absolute Gasteiger partial charge is 0.377 e. The lowest BCUT2D eigenvalue weighted by atomic mass is 10.0. The lowest BCUT2D eigenvalue weighted by Crippen LogP contribution is -2.45. The molecule has 2 fully saturated rings. The van der Waals surface area contributed by atoms with Gasteiger partial charge in [-0.3, -0.25) is 0 Å². The molecule has 0 radical (unpaired) electrons. The summed E-state index contributed by atoms with van der Waals surface area (Å²) in [6.45, 7) is 6.23. The van der Waals surface area contributed by atoms with E-state index in [0.29, 0.717) is 19.3 Å². The van der Waals surface area contributed by atoms with Gasteiger partial charge >= 0.3 is 0 Å². The number of benzene rings is 1. The maximum absolute atomic E-state index is 6.02. The van der Waals surface area contributed by atoms with Crippen molar-refractivity contribution in [2.24, 2.45) is 0 Å². The first-order valence-electron chi connectivity index (χ1n) is 8.20. The van der Waals surface area contributed by atoms with Gasteiger partial charge < -0.3 is 18.9 Å². The molecule has 3 atom stereocenters. The van der Waals surface area contributed by atoms with Gasteiger partial charge in [0.2, 0.25) is 0 Å². The topological polar surface area (TPSA) is 40.2 Å². The number of epoxide rings is 1. The van der Waals surface area contributed by atoms with Crippen LogP contribution in [-0.2, 0) is 25.6 Å². The summed E-state index contributed by atoms with van der Waals surface area (Å²) in [6, 6.07) is 10.3. The summed E-state index contributed by atoms with van der Waals surface area (Å²) in [5, 5.41) is 0. The van der Waals surface area contributed by atoms with Crippen molar-refractivity contribution in [2.75, 3.05) is 13.2 Å². The molecule has 1 aromatic rings.